The second-order valence-electron chi connectivity index (χ2n) is 4.79. The third-order valence-electron chi connectivity index (χ3n) is 3.34. The summed E-state index contributed by atoms with van der Waals surface area (Å²) < 4.78 is 28.1. The van der Waals surface area contributed by atoms with Gasteiger partial charge in [0, 0.05) is 41.3 Å². The van der Waals surface area contributed by atoms with E-state index in [4.69, 9.17) is 0 Å². The zero-order chi connectivity index (χ0) is 15.5. The maximum atomic E-state index is 12.9. The lowest BCUT2D eigenvalue weighted by Gasteiger charge is -2.31. The number of pyridine rings is 1. The van der Waals surface area contributed by atoms with Gasteiger partial charge in [0.05, 0.1) is 0 Å². The molecule has 118 valence electrons. The highest BCUT2D eigenvalue weighted by Crippen LogP contribution is 2.30. The van der Waals surface area contributed by atoms with Crippen LogP contribution >= 0.6 is 27.7 Å². The number of rotatable bonds is 5. The van der Waals surface area contributed by atoms with E-state index in [0.29, 0.717) is 35.2 Å². The van der Waals surface area contributed by atoms with E-state index in [0.717, 1.165) is 12.2 Å². The molecule has 1 aromatic heterocycles. The molecule has 0 bridgehead atoms. The number of nitrogens with one attached hydrogen (secondary N) is 1. The van der Waals surface area contributed by atoms with Crippen molar-refractivity contribution in [1.82, 2.24) is 9.29 Å². The molecular formula is C13H20BrN3O2S2. The van der Waals surface area contributed by atoms with Gasteiger partial charge in [-0.05, 0) is 35.3 Å². The largest absolute Gasteiger partial charge is 0.369 e. The lowest BCUT2D eigenvalue weighted by molar-refractivity contribution is 0.416. The van der Waals surface area contributed by atoms with Crippen LogP contribution in [0.2, 0.25) is 0 Å². The van der Waals surface area contributed by atoms with Gasteiger partial charge in [-0.2, -0.15) is 16.1 Å². The van der Waals surface area contributed by atoms with Crippen molar-refractivity contribution in [2.24, 2.45) is 0 Å². The molecule has 0 amide bonds. The van der Waals surface area contributed by atoms with Crippen molar-refractivity contribution in [3.8, 4) is 0 Å². The highest BCUT2D eigenvalue weighted by molar-refractivity contribution is 9.10. The second-order valence-corrected chi connectivity index (χ2v) is 9.02. The molecule has 5 nitrogen and oxygen atoms in total. The molecule has 0 saturated carbocycles. The maximum Gasteiger partial charge on any atom is 0.246 e. The van der Waals surface area contributed by atoms with Crippen molar-refractivity contribution in [3.63, 3.8) is 0 Å². The number of hydrogen-bond donors (Lipinski definition) is 1. The molecule has 1 aliphatic rings. The number of halogens is 1. The minimum Gasteiger partial charge on any atom is -0.369 e. The van der Waals surface area contributed by atoms with Crippen LogP contribution in [-0.4, -0.2) is 48.3 Å². The van der Waals surface area contributed by atoms with Gasteiger partial charge in [-0.3, -0.25) is 0 Å². The zero-order valence-electron chi connectivity index (χ0n) is 12.2. The monoisotopic (exact) mass is 393 g/mol. The summed E-state index contributed by atoms with van der Waals surface area (Å²) in [4.78, 5) is 4.45. The van der Waals surface area contributed by atoms with Crippen molar-refractivity contribution >= 4 is 43.5 Å². The summed E-state index contributed by atoms with van der Waals surface area (Å²) >= 11 is 5.16. The smallest absolute Gasteiger partial charge is 0.246 e. The summed E-state index contributed by atoms with van der Waals surface area (Å²) in [6.45, 7) is 5.77. The summed E-state index contributed by atoms with van der Waals surface area (Å²) in [7, 11) is -3.52. The van der Waals surface area contributed by atoms with Gasteiger partial charge in [0.2, 0.25) is 10.0 Å². The van der Waals surface area contributed by atoms with Gasteiger partial charge in [0.15, 0.2) is 0 Å². The number of thioether (sulfide) groups is 1. The summed E-state index contributed by atoms with van der Waals surface area (Å²) in [6.07, 6.45) is 2.59. The summed E-state index contributed by atoms with van der Waals surface area (Å²) in [5.41, 5.74) is 0. The average Bonchev–Trinajstić information content (AvgIpc) is 2.49. The summed E-state index contributed by atoms with van der Waals surface area (Å²) in [6, 6.07) is 1.63. The number of hydrogen-bond acceptors (Lipinski definition) is 5. The topological polar surface area (TPSA) is 62.3 Å². The first-order chi connectivity index (χ1) is 9.98. The van der Waals surface area contributed by atoms with Crippen molar-refractivity contribution in [2.75, 3.05) is 30.7 Å². The van der Waals surface area contributed by atoms with E-state index in [1.165, 1.54) is 0 Å². The van der Waals surface area contributed by atoms with Crippen LogP contribution in [0.1, 0.15) is 20.3 Å². The number of aromatic nitrogens is 1. The van der Waals surface area contributed by atoms with E-state index in [2.05, 4.69) is 33.2 Å². The van der Waals surface area contributed by atoms with Gasteiger partial charge >= 0.3 is 0 Å². The molecule has 21 heavy (non-hydrogen) atoms. The molecule has 1 aromatic rings. The predicted molar refractivity (Wildman–Crippen MR) is 91.4 cm³/mol. The highest BCUT2D eigenvalue weighted by atomic mass is 79.9. The van der Waals surface area contributed by atoms with Gasteiger partial charge < -0.3 is 5.32 Å². The van der Waals surface area contributed by atoms with E-state index < -0.39 is 10.0 Å². The first-order valence-corrected chi connectivity index (χ1v) is 10.3. The van der Waals surface area contributed by atoms with E-state index in [-0.39, 0.29) is 4.90 Å². The van der Waals surface area contributed by atoms with E-state index in [1.807, 2.05) is 18.7 Å². The third kappa shape index (κ3) is 3.91. The Balaban J connectivity index is 2.36. The van der Waals surface area contributed by atoms with Crippen LogP contribution in [0.25, 0.3) is 0 Å². The van der Waals surface area contributed by atoms with Crippen LogP contribution in [0.15, 0.2) is 21.6 Å². The fourth-order valence-corrected chi connectivity index (χ4v) is 5.72. The lowest BCUT2D eigenvalue weighted by Crippen LogP contribution is -2.41. The Labute approximate surface area is 139 Å². The third-order valence-corrected chi connectivity index (χ3v) is 7.02. The van der Waals surface area contributed by atoms with Crippen molar-refractivity contribution < 1.29 is 8.42 Å². The molecule has 1 aliphatic heterocycles. The van der Waals surface area contributed by atoms with E-state index in [9.17, 15) is 8.42 Å². The molecule has 1 unspecified atom stereocenters. The van der Waals surface area contributed by atoms with Crippen LogP contribution in [0.3, 0.4) is 0 Å². The Hall–Kier alpha value is -0.310. The van der Waals surface area contributed by atoms with Gasteiger partial charge in [-0.15, -0.1) is 0 Å². The van der Waals surface area contributed by atoms with E-state index >= 15 is 0 Å². The molecule has 1 atom stereocenters. The summed E-state index contributed by atoms with van der Waals surface area (Å²) in [5.74, 6) is 1.27. The molecule has 0 aliphatic carbocycles. The van der Waals surface area contributed by atoms with Crippen LogP contribution in [-0.2, 0) is 10.0 Å². The minimum absolute atomic E-state index is 0.250. The van der Waals surface area contributed by atoms with E-state index in [1.54, 1.807) is 16.6 Å². The molecule has 1 N–H and O–H groups in total. The first-order valence-electron chi connectivity index (χ1n) is 7.00. The van der Waals surface area contributed by atoms with Gasteiger partial charge in [-0.25, -0.2) is 13.4 Å². The molecule has 8 heteroatoms. The highest BCUT2D eigenvalue weighted by Gasteiger charge is 2.32. The molecular weight excluding hydrogens is 374 g/mol. The standard InChI is InChI=1S/C13H20BrN3O2S2/c1-3-11-9-17(5-6-20-11)21(18,19)12-7-10(14)8-16-13(12)15-4-2/h7-8,11H,3-6,9H2,1-2H3,(H,15,16). The van der Waals surface area contributed by atoms with Gasteiger partial charge in [0.1, 0.15) is 10.7 Å². The Bertz CT molecular complexity index is 595. The van der Waals surface area contributed by atoms with Gasteiger partial charge in [0.25, 0.3) is 0 Å². The number of sulfonamides is 1. The Morgan fingerprint density at radius 1 is 1.52 bits per heavy atom. The normalized spacial score (nSPS) is 20.4. The Morgan fingerprint density at radius 3 is 2.95 bits per heavy atom. The van der Waals surface area contributed by atoms with Crippen molar-refractivity contribution in [1.29, 1.82) is 0 Å². The van der Waals surface area contributed by atoms with Crippen LogP contribution in [0.4, 0.5) is 5.82 Å². The number of nitrogens with zero attached hydrogens (tertiary/aromatic N) is 2. The predicted octanol–water partition coefficient (Wildman–Crippen LogP) is 2.79. The molecule has 2 rings (SSSR count). The second kappa shape index (κ2) is 7.30. The number of anilines is 1. The fraction of sp³-hybridized carbons (Fsp3) is 0.615. The molecule has 1 saturated heterocycles. The maximum absolute atomic E-state index is 12.9. The van der Waals surface area contributed by atoms with Crippen molar-refractivity contribution in [3.05, 3.63) is 16.7 Å². The fourth-order valence-electron chi connectivity index (χ4n) is 2.21. The lowest BCUT2D eigenvalue weighted by atomic mass is 10.3. The average molecular weight is 394 g/mol. The van der Waals surface area contributed by atoms with Crippen molar-refractivity contribution in [2.45, 2.75) is 30.4 Å². The molecule has 0 radical (unpaired) electrons. The Kier molecular flexibility index (Phi) is 5.93. The summed E-state index contributed by atoms with van der Waals surface area (Å²) in [5, 5.41) is 3.40. The zero-order valence-corrected chi connectivity index (χ0v) is 15.4. The SMILES string of the molecule is CCNc1ncc(Br)cc1S(=O)(=O)N1CCSC(CC)C1. The minimum atomic E-state index is -3.52. The molecule has 0 spiro atoms. The molecule has 1 fully saturated rings. The van der Waals surface area contributed by atoms with Crippen LogP contribution in [0.5, 0.6) is 0 Å². The molecule has 2 heterocycles. The van der Waals surface area contributed by atoms with Crippen LogP contribution in [0, 0.1) is 0 Å². The van der Waals surface area contributed by atoms with Crippen LogP contribution < -0.4 is 5.32 Å². The molecule has 0 aromatic carbocycles. The Morgan fingerprint density at radius 2 is 2.29 bits per heavy atom. The van der Waals surface area contributed by atoms with Gasteiger partial charge in [-0.1, -0.05) is 6.92 Å². The first kappa shape index (κ1) is 17.1. The quantitative estimate of drug-likeness (QED) is 0.832.